The molecule has 3 heteroatoms. The van der Waals surface area contributed by atoms with Crippen LogP contribution in [0.15, 0.2) is 0 Å². The number of alkyl halides is 1. The largest absolute Gasteiger partial charge is 0.481 e. The van der Waals surface area contributed by atoms with Crippen molar-refractivity contribution in [2.45, 2.75) is 31.6 Å². The van der Waals surface area contributed by atoms with Crippen LogP contribution < -0.4 is 0 Å². The molecule has 0 aliphatic heterocycles. The number of aliphatic carboxylic acids is 1. The van der Waals surface area contributed by atoms with Gasteiger partial charge in [0, 0.05) is 5.38 Å². The van der Waals surface area contributed by atoms with E-state index >= 15 is 0 Å². The van der Waals surface area contributed by atoms with Crippen molar-refractivity contribution in [2.75, 3.05) is 0 Å². The summed E-state index contributed by atoms with van der Waals surface area (Å²) in [6, 6.07) is 0. The molecule has 1 aliphatic carbocycles. The minimum atomic E-state index is -0.692. The molecule has 1 aliphatic rings. The number of hydrogen-bond acceptors (Lipinski definition) is 1. The van der Waals surface area contributed by atoms with Crippen molar-refractivity contribution in [3.63, 3.8) is 0 Å². The average Bonchev–Trinajstić information content (AvgIpc) is 1.94. The van der Waals surface area contributed by atoms with E-state index in [4.69, 9.17) is 16.7 Å². The molecule has 3 atom stereocenters. The maximum Gasteiger partial charge on any atom is 0.306 e. The fraction of sp³-hybridized carbons (Fsp3) is 0.875. The molecule has 0 amide bonds. The Morgan fingerprint density at radius 3 is 2.64 bits per heavy atom. The Labute approximate surface area is 71.5 Å². The Kier molecular flexibility index (Phi) is 2.77. The first-order valence-electron chi connectivity index (χ1n) is 3.98. The third-order valence-corrected chi connectivity index (χ3v) is 2.85. The number of hydrogen-bond donors (Lipinski definition) is 1. The van der Waals surface area contributed by atoms with Gasteiger partial charge in [0.25, 0.3) is 0 Å². The summed E-state index contributed by atoms with van der Waals surface area (Å²) in [6.07, 6.45) is 2.55. The van der Waals surface area contributed by atoms with E-state index in [1.165, 1.54) is 0 Å². The number of halogens is 1. The van der Waals surface area contributed by atoms with Gasteiger partial charge >= 0.3 is 5.97 Å². The van der Waals surface area contributed by atoms with E-state index in [0.717, 1.165) is 12.8 Å². The first kappa shape index (κ1) is 8.85. The standard InChI is InChI=1S/C8H13ClO2/c1-5-2-3-6(9)4-7(5)8(10)11/h5-7H,2-4H2,1H3,(H,10,11). The van der Waals surface area contributed by atoms with Crippen LogP contribution in [0.2, 0.25) is 0 Å². The zero-order valence-corrected chi connectivity index (χ0v) is 7.34. The van der Waals surface area contributed by atoms with Crippen LogP contribution in [0.3, 0.4) is 0 Å². The van der Waals surface area contributed by atoms with Gasteiger partial charge in [0.05, 0.1) is 5.92 Å². The maximum atomic E-state index is 10.7. The summed E-state index contributed by atoms with van der Waals surface area (Å²) in [5.41, 5.74) is 0. The number of carbonyl (C=O) groups is 1. The number of carboxylic acids is 1. The molecular weight excluding hydrogens is 164 g/mol. The lowest BCUT2D eigenvalue weighted by Crippen LogP contribution is -2.29. The second-order valence-corrected chi connectivity index (χ2v) is 3.95. The van der Waals surface area contributed by atoms with E-state index in [1.807, 2.05) is 6.92 Å². The summed E-state index contributed by atoms with van der Waals surface area (Å²) >= 11 is 5.86. The highest BCUT2D eigenvalue weighted by Crippen LogP contribution is 2.32. The van der Waals surface area contributed by atoms with Crippen LogP contribution in [0.1, 0.15) is 26.2 Å². The van der Waals surface area contributed by atoms with Crippen LogP contribution in [0.25, 0.3) is 0 Å². The van der Waals surface area contributed by atoms with Crippen molar-refractivity contribution in [3.05, 3.63) is 0 Å². The first-order valence-corrected chi connectivity index (χ1v) is 4.41. The molecule has 0 aromatic rings. The lowest BCUT2D eigenvalue weighted by molar-refractivity contribution is -0.144. The Bertz CT molecular complexity index is 158. The van der Waals surface area contributed by atoms with Gasteiger partial charge in [-0.3, -0.25) is 4.79 Å². The van der Waals surface area contributed by atoms with Gasteiger partial charge in [0.1, 0.15) is 0 Å². The number of rotatable bonds is 1. The highest BCUT2D eigenvalue weighted by Gasteiger charge is 2.31. The monoisotopic (exact) mass is 176 g/mol. The average molecular weight is 177 g/mol. The van der Waals surface area contributed by atoms with Gasteiger partial charge in [-0.1, -0.05) is 6.92 Å². The maximum absolute atomic E-state index is 10.7. The van der Waals surface area contributed by atoms with Gasteiger partial charge in [-0.25, -0.2) is 0 Å². The molecule has 2 nitrogen and oxygen atoms in total. The van der Waals surface area contributed by atoms with Gasteiger partial charge in [-0.2, -0.15) is 0 Å². The van der Waals surface area contributed by atoms with Crippen LogP contribution >= 0.6 is 11.6 Å². The van der Waals surface area contributed by atoms with Crippen LogP contribution in [-0.4, -0.2) is 16.5 Å². The topological polar surface area (TPSA) is 37.3 Å². The minimum absolute atomic E-state index is 0.0762. The molecule has 11 heavy (non-hydrogen) atoms. The van der Waals surface area contributed by atoms with Crippen LogP contribution in [0, 0.1) is 11.8 Å². The predicted octanol–water partition coefficient (Wildman–Crippen LogP) is 2.11. The van der Waals surface area contributed by atoms with Crippen LogP contribution in [0.5, 0.6) is 0 Å². The normalized spacial score (nSPS) is 38.5. The van der Waals surface area contributed by atoms with Gasteiger partial charge in [0.15, 0.2) is 0 Å². The molecule has 0 bridgehead atoms. The molecule has 3 unspecified atom stereocenters. The highest BCUT2D eigenvalue weighted by atomic mass is 35.5. The Morgan fingerprint density at radius 1 is 1.55 bits per heavy atom. The smallest absolute Gasteiger partial charge is 0.306 e. The summed E-state index contributed by atoms with van der Waals surface area (Å²) < 4.78 is 0. The van der Waals surface area contributed by atoms with Crippen molar-refractivity contribution in [3.8, 4) is 0 Å². The molecule has 1 N–H and O–H groups in total. The molecule has 0 heterocycles. The summed E-state index contributed by atoms with van der Waals surface area (Å²) in [5, 5.41) is 8.84. The molecule has 1 saturated carbocycles. The van der Waals surface area contributed by atoms with E-state index in [0.29, 0.717) is 12.3 Å². The predicted molar refractivity (Wildman–Crippen MR) is 43.8 cm³/mol. The zero-order chi connectivity index (χ0) is 8.43. The third kappa shape index (κ3) is 2.09. The van der Waals surface area contributed by atoms with Crippen molar-refractivity contribution >= 4 is 17.6 Å². The summed E-state index contributed by atoms with van der Waals surface area (Å²) in [7, 11) is 0. The molecule has 1 fully saturated rings. The molecule has 64 valence electrons. The van der Waals surface area contributed by atoms with E-state index in [1.54, 1.807) is 0 Å². The Balaban J connectivity index is 2.54. The third-order valence-electron chi connectivity index (χ3n) is 2.45. The van der Waals surface area contributed by atoms with Crippen LogP contribution in [0.4, 0.5) is 0 Å². The molecule has 0 aromatic heterocycles. The zero-order valence-electron chi connectivity index (χ0n) is 6.59. The SMILES string of the molecule is CC1CCC(Cl)CC1C(=O)O. The van der Waals surface area contributed by atoms with Crippen LogP contribution in [-0.2, 0) is 4.79 Å². The molecule has 1 rings (SSSR count). The van der Waals surface area contributed by atoms with Gasteiger partial charge in [0.2, 0.25) is 0 Å². The minimum Gasteiger partial charge on any atom is -0.481 e. The van der Waals surface area contributed by atoms with Gasteiger partial charge < -0.3 is 5.11 Å². The Morgan fingerprint density at radius 2 is 2.18 bits per heavy atom. The van der Waals surface area contributed by atoms with Gasteiger partial charge in [-0.05, 0) is 25.2 Å². The van der Waals surface area contributed by atoms with Crippen molar-refractivity contribution in [1.82, 2.24) is 0 Å². The quantitative estimate of drug-likeness (QED) is 0.622. The fourth-order valence-corrected chi connectivity index (χ4v) is 1.93. The molecule has 0 spiro atoms. The van der Waals surface area contributed by atoms with E-state index in [-0.39, 0.29) is 11.3 Å². The lowest BCUT2D eigenvalue weighted by Gasteiger charge is -2.28. The summed E-state index contributed by atoms with van der Waals surface area (Å²) in [5.74, 6) is -0.614. The van der Waals surface area contributed by atoms with E-state index in [2.05, 4.69) is 0 Å². The summed E-state index contributed by atoms with van der Waals surface area (Å²) in [4.78, 5) is 10.7. The second-order valence-electron chi connectivity index (χ2n) is 3.33. The highest BCUT2D eigenvalue weighted by molar-refractivity contribution is 6.20. The second kappa shape index (κ2) is 3.44. The molecule has 0 saturated heterocycles. The molecule has 0 radical (unpaired) electrons. The Hall–Kier alpha value is -0.240. The number of carboxylic acid groups (broad SMARTS) is 1. The van der Waals surface area contributed by atoms with Gasteiger partial charge in [-0.15, -0.1) is 11.6 Å². The fourth-order valence-electron chi connectivity index (χ4n) is 1.61. The van der Waals surface area contributed by atoms with E-state index < -0.39 is 5.97 Å². The first-order chi connectivity index (χ1) is 5.11. The van der Waals surface area contributed by atoms with E-state index in [9.17, 15) is 4.79 Å². The van der Waals surface area contributed by atoms with Crippen molar-refractivity contribution in [2.24, 2.45) is 11.8 Å². The summed E-state index contributed by atoms with van der Waals surface area (Å²) in [6.45, 7) is 1.99. The van der Waals surface area contributed by atoms with Crippen molar-refractivity contribution < 1.29 is 9.90 Å². The molecule has 0 aromatic carbocycles. The lowest BCUT2D eigenvalue weighted by atomic mass is 9.80. The molecular formula is C8H13ClO2. The van der Waals surface area contributed by atoms with Crippen molar-refractivity contribution in [1.29, 1.82) is 0 Å².